The van der Waals surface area contributed by atoms with Crippen molar-refractivity contribution in [2.75, 3.05) is 33.9 Å². The predicted molar refractivity (Wildman–Crippen MR) is 205 cm³/mol. The normalized spacial score (nSPS) is 18.7. The number of carbonyl (C=O) groups excluding carboxylic acids is 3. The van der Waals surface area contributed by atoms with Crippen LogP contribution in [0.25, 0.3) is 0 Å². The molecule has 0 radical (unpaired) electrons. The highest BCUT2D eigenvalue weighted by Gasteiger charge is 2.47. The third-order valence-electron chi connectivity index (χ3n) is 11.5. The zero-order valence-corrected chi connectivity index (χ0v) is 33.2. The summed E-state index contributed by atoms with van der Waals surface area (Å²) in [5.41, 5.74) is 0. The minimum absolute atomic E-state index is 0.0126. The number of nitrogens with zero attached hydrogens (tertiary/aromatic N) is 1. The van der Waals surface area contributed by atoms with Crippen LogP contribution in [0.4, 0.5) is 0 Å². The van der Waals surface area contributed by atoms with E-state index in [1.807, 2.05) is 14.1 Å². The Morgan fingerprint density at radius 3 is 1.66 bits per heavy atom. The number of hydrogen-bond acceptors (Lipinski definition) is 7. The van der Waals surface area contributed by atoms with Gasteiger partial charge in [-0.2, -0.15) is 0 Å². The second-order valence-corrected chi connectivity index (χ2v) is 16.2. The van der Waals surface area contributed by atoms with Gasteiger partial charge in [0.25, 0.3) is 0 Å². The van der Waals surface area contributed by atoms with Gasteiger partial charge in [0.1, 0.15) is 6.10 Å². The Morgan fingerprint density at radius 2 is 1.14 bits per heavy atom. The molecule has 0 aromatic heterocycles. The van der Waals surface area contributed by atoms with E-state index in [4.69, 9.17) is 14.2 Å². The topological polar surface area (TPSA) is 82.1 Å². The van der Waals surface area contributed by atoms with Crippen molar-refractivity contribution in [1.82, 2.24) is 4.90 Å². The maximum atomic E-state index is 12.6. The maximum absolute atomic E-state index is 12.6. The molecule has 0 aromatic rings. The van der Waals surface area contributed by atoms with Crippen LogP contribution in [0.3, 0.4) is 0 Å². The van der Waals surface area contributed by atoms with Crippen molar-refractivity contribution in [2.45, 2.75) is 200 Å². The summed E-state index contributed by atoms with van der Waals surface area (Å²) in [5.74, 6) is 2.98. The van der Waals surface area contributed by atoms with Crippen molar-refractivity contribution in [3.63, 3.8) is 0 Å². The lowest BCUT2D eigenvalue weighted by Gasteiger charge is -2.52. The van der Waals surface area contributed by atoms with Crippen molar-refractivity contribution in [2.24, 2.45) is 23.7 Å². The fraction of sp³-hybridized carbons (Fsp3) is 0.930. The molecule has 50 heavy (non-hydrogen) atoms. The van der Waals surface area contributed by atoms with E-state index in [-0.39, 0.29) is 24.0 Å². The smallest absolute Gasteiger partial charge is 0.306 e. The maximum Gasteiger partial charge on any atom is 0.306 e. The van der Waals surface area contributed by atoms with Gasteiger partial charge in [-0.3, -0.25) is 14.4 Å². The van der Waals surface area contributed by atoms with Crippen LogP contribution in [0.15, 0.2) is 0 Å². The molecular formula is C43H79NO6. The van der Waals surface area contributed by atoms with Crippen molar-refractivity contribution >= 4 is 17.9 Å². The molecule has 2 fully saturated rings. The Kier molecular flexibility index (Phi) is 25.7. The lowest BCUT2D eigenvalue weighted by atomic mass is 9.53. The fourth-order valence-corrected chi connectivity index (χ4v) is 7.94. The van der Waals surface area contributed by atoms with E-state index >= 15 is 0 Å². The highest BCUT2D eigenvalue weighted by atomic mass is 16.5. The van der Waals surface area contributed by atoms with Gasteiger partial charge in [0.2, 0.25) is 0 Å². The second-order valence-electron chi connectivity index (χ2n) is 16.2. The Labute approximate surface area is 308 Å². The standard InChI is InChI=1S/C43H79NO6/c1-5-7-15-22-36(23-16-8-6-2)31-33-48-41(45)26-19-13-9-11-17-24-39(50-43(47)28-21-32-44(3)4)25-18-12-10-14-20-27-42(46)49-35-38-34-37-29-30-40(37)38/h36-40H,5-35H2,1-4H3/t37?,38?,39?,40-/m0/s1. The van der Waals surface area contributed by atoms with Crippen molar-refractivity contribution < 1.29 is 28.6 Å². The van der Waals surface area contributed by atoms with Gasteiger partial charge in [0.15, 0.2) is 0 Å². The first-order valence-corrected chi connectivity index (χ1v) is 21.5. The Bertz CT molecular complexity index is 867. The molecule has 0 aromatic carbocycles. The SMILES string of the molecule is CCCCCC(CCCCC)CCOC(=O)CCCCCCCC(CCCCCCCC(=O)OCC1CC2CC[C@@H]21)OC(=O)CCCN(C)C. The molecule has 2 aliphatic carbocycles. The lowest BCUT2D eigenvalue weighted by Crippen LogP contribution is -2.46. The summed E-state index contributed by atoms with van der Waals surface area (Å²) in [5, 5.41) is 0. The van der Waals surface area contributed by atoms with Gasteiger partial charge in [0.05, 0.1) is 13.2 Å². The van der Waals surface area contributed by atoms with Gasteiger partial charge in [0, 0.05) is 19.3 Å². The summed E-state index contributed by atoms with van der Waals surface area (Å²) < 4.78 is 17.1. The molecule has 0 heterocycles. The van der Waals surface area contributed by atoms with Crippen LogP contribution in [0.2, 0.25) is 0 Å². The van der Waals surface area contributed by atoms with E-state index in [1.54, 1.807) is 0 Å². The van der Waals surface area contributed by atoms with Gasteiger partial charge in [-0.25, -0.2) is 0 Å². The van der Waals surface area contributed by atoms with E-state index in [0.717, 1.165) is 108 Å². The molecule has 0 spiro atoms. The summed E-state index contributed by atoms with van der Waals surface area (Å²) in [6, 6.07) is 0. The van der Waals surface area contributed by atoms with E-state index in [0.29, 0.717) is 44.3 Å². The van der Waals surface area contributed by atoms with Gasteiger partial charge >= 0.3 is 17.9 Å². The van der Waals surface area contributed by atoms with E-state index in [2.05, 4.69) is 18.7 Å². The number of ether oxygens (including phenoxy) is 3. The van der Waals surface area contributed by atoms with Crippen molar-refractivity contribution in [3.05, 3.63) is 0 Å². The molecule has 7 nitrogen and oxygen atoms in total. The minimum Gasteiger partial charge on any atom is -0.466 e. The summed E-state index contributed by atoms with van der Waals surface area (Å²) >= 11 is 0. The van der Waals surface area contributed by atoms with Crippen LogP contribution in [-0.2, 0) is 28.6 Å². The van der Waals surface area contributed by atoms with E-state index in [9.17, 15) is 14.4 Å². The Morgan fingerprint density at radius 1 is 0.600 bits per heavy atom. The van der Waals surface area contributed by atoms with Crippen LogP contribution in [0.1, 0.15) is 194 Å². The average molecular weight is 706 g/mol. The highest BCUT2D eigenvalue weighted by Crippen LogP contribution is 2.54. The first-order valence-electron chi connectivity index (χ1n) is 21.5. The van der Waals surface area contributed by atoms with E-state index < -0.39 is 0 Å². The zero-order valence-electron chi connectivity index (χ0n) is 33.2. The molecule has 3 unspecified atom stereocenters. The Balaban J connectivity index is 1.53. The lowest BCUT2D eigenvalue weighted by molar-refractivity contribution is -0.151. The quantitative estimate of drug-likeness (QED) is 0.0374. The third kappa shape index (κ3) is 21.7. The number of fused-ring (bicyclic) bond motifs is 1. The molecule has 0 bridgehead atoms. The Hall–Kier alpha value is -1.63. The number of carbonyl (C=O) groups is 3. The van der Waals surface area contributed by atoms with Crippen LogP contribution >= 0.6 is 0 Å². The summed E-state index contributed by atoms with van der Waals surface area (Å²) in [6.07, 6.45) is 29.7. The molecule has 7 heteroatoms. The van der Waals surface area contributed by atoms with Crippen molar-refractivity contribution in [3.8, 4) is 0 Å². The molecule has 4 atom stereocenters. The monoisotopic (exact) mass is 706 g/mol. The molecule has 2 saturated carbocycles. The largest absolute Gasteiger partial charge is 0.466 e. The third-order valence-corrected chi connectivity index (χ3v) is 11.5. The van der Waals surface area contributed by atoms with Crippen LogP contribution in [-0.4, -0.2) is 62.8 Å². The zero-order chi connectivity index (χ0) is 36.2. The van der Waals surface area contributed by atoms with Crippen molar-refractivity contribution in [1.29, 1.82) is 0 Å². The number of rotatable bonds is 34. The van der Waals surface area contributed by atoms with Crippen LogP contribution in [0, 0.1) is 23.7 Å². The van der Waals surface area contributed by atoms with Gasteiger partial charge in [-0.15, -0.1) is 0 Å². The summed E-state index contributed by atoms with van der Waals surface area (Å²) in [7, 11) is 4.05. The summed E-state index contributed by atoms with van der Waals surface area (Å²) in [4.78, 5) is 39.1. The molecular weight excluding hydrogens is 626 g/mol. The van der Waals surface area contributed by atoms with Gasteiger partial charge in [-0.05, 0) is 115 Å². The average Bonchev–Trinajstić information content (AvgIpc) is 3.07. The van der Waals surface area contributed by atoms with Gasteiger partial charge in [-0.1, -0.05) is 104 Å². The molecule has 0 amide bonds. The molecule has 0 N–H and O–H groups in total. The minimum atomic E-state index is -0.0724. The summed E-state index contributed by atoms with van der Waals surface area (Å²) in [6.45, 7) is 6.62. The predicted octanol–water partition coefficient (Wildman–Crippen LogP) is 11.0. The first-order chi connectivity index (χ1) is 24.3. The van der Waals surface area contributed by atoms with E-state index in [1.165, 1.54) is 70.6 Å². The number of hydrogen-bond donors (Lipinski definition) is 0. The first kappa shape index (κ1) is 44.5. The number of unbranched alkanes of at least 4 members (excludes halogenated alkanes) is 12. The highest BCUT2D eigenvalue weighted by molar-refractivity contribution is 5.70. The molecule has 0 aliphatic heterocycles. The molecule has 2 rings (SSSR count). The second kappa shape index (κ2) is 28.9. The van der Waals surface area contributed by atoms with Crippen LogP contribution in [0.5, 0.6) is 0 Å². The number of esters is 3. The molecule has 292 valence electrons. The van der Waals surface area contributed by atoms with Gasteiger partial charge < -0.3 is 19.1 Å². The molecule has 2 aliphatic rings. The van der Waals surface area contributed by atoms with Crippen LogP contribution < -0.4 is 0 Å². The fourth-order valence-electron chi connectivity index (χ4n) is 7.94. The molecule has 0 saturated heterocycles.